The SMILES string of the molecule is Cc1ccc2oc(CN3CCN(C(=O)CO[C@H]4CC[C@H](Nc5ccc([N+](=O)[O-])c(C(F)(F)F)c5)CC4)CC3)nc2c1. The molecule has 41 heavy (non-hydrogen) atoms. The molecule has 2 fully saturated rings. The summed E-state index contributed by atoms with van der Waals surface area (Å²) >= 11 is 0. The summed E-state index contributed by atoms with van der Waals surface area (Å²) in [4.78, 5) is 31.3. The van der Waals surface area contributed by atoms with Crippen LogP contribution in [0.25, 0.3) is 11.1 Å². The molecule has 1 saturated heterocycles. The van der Waals surface area contributed by atoms with Gasteiger partial charge in [-0.25, -0.2) is 4.98 Å². The largest absolute Gasteiger partial charge is 0.439 e. The van der Waals surface area contributed by atoms with Crippen LogP contribution in [0.4, 0.5) is 24.5 Å². The number of carbonyl (C=O) groups is 1. The Balaban J connectivity index is 1.03. The first-order valence-corrected chi connectivity index (χ1v) is 13.6. The summed E-state index contributed by atoms with van der Waals surface area (Å²) in [6.07, 6.45) is -2.33. The molecule has 1 N–H and O–H groups in total. The second kappa shape index (κ2) is 12.0. The first kappa shape index (κ1) is 28.8. The molecule has 1 saturated carbocycles. The summed E-state index contributed by atoms with van der Waals surface area (Å²) in [5.74, 6) is 0.598. The molecule has 0 unspecified atom stereocenters. The molecular formula is C28H32F3N5O5. The van der Waals surface area contributed by atoms with Crippen molar-refractivity contribution < 1.29 is 32.0 Å². The maximum absolute atomic E-state index is 13.3. The molecule has 3 aromatic rings. The van der Waals surface area contributed by atoms with E-state index in [0.29, 0.717) is 64.3 Å². The van der Waals surface area contributed by atoms with Crippen LogP contribution in [0, 0.1) is 17.0 Å². The van der Waals surface area contributed by atoms with Gasteiger partial charge in [0.15, 0.2) is 5.58 Å². The van der Waals surface area contributed by atoms with Crippen LogP contribution in [-0.4, -0.2) is 70.5 Å². The number of aromatic nitrogens is 1. The fourth-order valence-electron chi connectivity index (χ4n) is 5.40. The van der Waals surface area contributed by atoms with E-state index in [-0.39, 0.29) is 30.3 Å². The number of nitro groups is 1. The Kier molecular flexibility index (Phi) is 8.45. The first-order chi connectivity index (χ1) is 19.5. The summed E-state index contributed by atoms with van der Waals surface area (Å²) in [5, 5.41) is 14.0. The Hall–Kier alpha value is -3.71. The average molecular weight is 576 g/mol. The number of alkyl halides is 3. The van der Waals surface area contributed by atoms with Gasteiger partial charge in [0.25, 0.3) is 5.69 Å². The Morgan fingerprint density at radius 2 is 1.85 bits per heavy atom. The molecule has 1 aliphatic carbocycles. The van der Waals surface area contributed by atoms with Gasteiger partial charge in [0.05, 0.1) is 17.6 Å². The molecule has 2 aromatic carbocycles. The Morgan fingerprint density at radius 3 is 2.54 bits per heavy atom. The third kappa shape index (κ3) is 7.14. The van der Waals surface area contributed by atoms with Crippen molar-refractivity contribution in [3.63, 3.8) is 0 Å². The van der Waals surface area contributed by atoms with Crippen molar-refractivity contribution in [3.05, 3.63) is 63.5 Å². The number of benzene rings is 2. The number of ether oxygens (including phenoxy) is 1. The lowest BCUT2D eigenvalue weighted by molar-refractivity contribution is -0.388. The predicted octanol–water partition coefficient (Wildman–Crippen LogP) is 5.15. The minimum absolute atomic E-state index is 0.00939. The van der Waals surface area contributed by atoms with Gasteiger partial charge in [0.1, 0.15) is 17.7 Å². The number of fused-ring (bicyclic) bond motifs is 1. The summed E-state index contributed by atoms with van der Waals surface area (Å²) in [6.45, 7) is 5.18. The van der Waals surface area contributed by atoms with Gasteiger partial charge in [0, 0.05) is 44.0 Å². The van der Waals surface area contributed by atoms with Gasteiger partial charge in [0.2, 0.25) is 11.8 Å². The molecule has 1 aliphatic heterocycles. The molecule has 2 heterocycles. The van der Waals surface area contributed by atoms with Gasteiger partial charge in [-0.1, -0.05) is 6.07 Å². The van der Waals surface area contributed by atoms with E-state index in [1.165, 1.54) is 6.07 Å². The number of halogens is 3. The maximum atomic E-state index is 13.3. The number of rotatable bonds is 8. The number of nitrogens with zero attached hydrogens (tertiary/aromatic N) is 4. The van der Waals surface area contributed by atoms with Crippen molar-refractivity contribution in [1.82, 2.24) is 14.8 Å². The van der Waals surface area contributed by atoms with Gasteiger partial charge in [-0.2, -0.15) is 13.2 Å². The Morgan fingerprint density at radius 1 is 1.12 bits per heavy atom. The van der Waals surface area contributed by atoms with Gasteiger partial charge in [-0.05, 0) is 62.4 Å². The number of aryl methyl sites for hydroxylation is 1. The lowest BCUT2D eigenvalue weighted by Crippen LogP contribution is -2.49. The lowest BCUT2D eigenvalue weighted by Gasteiger charge is -2.34. The molecule has 1 amide bonds. The summed E-state index contributed by atoms with van der Waals surface area (Å²) in [5.41, 5.74) is 0.685. The molecule has 13 heteroatoms. The van der Waals surface area contributed by atoms with E-state index in [1.54, 1.807) is 4.90 Å². The van der Waals surface area contributed by atoms with Crippen molar-refractivity contribution in [2.24, 2.45) is 0 Å². The number of piperazine rings is 1. The molecule has 2 aliphatic rings. The monoisotopic (exact) mass is 575 g/mol. The van der Waals surface area contributed by atoms with E-state index >= 15 is 0 Å². The molecule has 0 radical (unpaired) electrons. The Labute approximate surface area is 234 Å². The molecule has 1 aromatic heterocycles. The van der Waals surface area contributed by atoms with Crippen LogP contribution in [-0.2, 0) is 22.3 Å². The number of hydrogen-bond acceptors (Lipinski definition) is 8. The molecule has 10 nitrogen and oxygen atoms in total. The molecule has 220 valence electrons. The highest BCUT2D eigenvalue weighted by atomic mass is 19.4. The quantitative estimate of drug-likeness (QED) is 0.290. The Bertz CT molecular complexity index is 1400. The van der Waals surface area contributed by atoms with Crippen LogP contribution in [0.2, 0.25) is 0 Å². The van der Waals surface area contributed by atoms with Crippen LogP contribution in [0.5, 0.6) is 0 Å². The molecule has 0 atom stereocenters. The molecule has 5 rings (SSSR count). The van der Waals surface area contributed by atoms with Crippen LogP contribution in [0.15, 0.2) is 40.8 Å². The minimum atomic E-state index is -4.82. The number of anilines is 1. The average Bonchev–Trinajstić information content (AvgIpc) is 3.33. The third-order valence-corrected chi connectivity index (χ3v) is 7.66. The number of oxazole rings is 1. The topological polar surface area (TPSA) is 114 Å². The van der Waals surface area contributed by atoms with Gasteiger partial charge >= 0.3 is 6.18 Å². The predicted molar refractivity (Wildman–Crippen MR) is 144 cm³/mol. The van der Waals surface area contributed by atoms with Crippen LogP contribution in [0.1, 0.15) is 42.7 Å². The normalized spacial score (nSPS) is 20.3. The van der Waals surface area contributed by atoms with Gasteiger partial charge in [-0.3, -0.25) is 19.8 Å². The lowest BCUT2D eigenvalue weighted by atomic mass is 9.92. The fraction of sp³-hybridized carbons (Fsp3) is 0.500. The highest BCUT2D eigenvalue weighted by molar-refractivity contribution is 5.77. The summed E-state index contributed by atoms with van der Waals surface area (Å²) < 4.78 is 51.5. The zero-order chi connectivity index (χ0) is 29.1. The van der Waals surface area contributed by atoms with Gasteiger partial charge < -0.3 is 19.4 Å². The summed E-state index contributed by atoms with van der Waals surface area (Å²) in [7, 11) is 0. The molecule has 0 spiro atoms. The zero-order valence-corrected chi connectivity index (χ0v) is 22.7. The number of nitro benzene ring substituents is 1. The van der Waals surface area contributed by atoms with E-state index in [9.17, 15) is 28.1 Å². The van der Waals surface area contributed by atoms with Crippen molar-refractivity contribution >= 4 is 28.4 Å². The number of amides is 1. The van der Waals surface area contributed by atoms with Crippen LogP contribution >= 0.6 is 0 Å². The summed E-state index contributed by atoms with van der Waals surface area (Å²) in [6, 6.07) is 8.77. The minimum Gasteiger partial charge on any atom is -0.439 e. The van der Waals surface area contributed by atoms with Crippen molar-refractivity contribution in [2.75, 3.05) is 38.1 Å². The van der Waals surface area contributed by atoms with Crippen molar-refractivity contribution in [2.45, 2.75) is 57.5 Å². The van der Waals surface area contributed by atoms with Crippen molar-refractivity contribution in [3.8, 4) is 0 Å². The standard InChI is InChI=1S/C28H32F3N5O5/c1-18-2-9-25-23(14-18)33-26(41-25)16-34-10-12-35(13-11-34)27(37)17-40-21-6-3-19(4-7-21)32-20-5-8-24(36(38)39)22(15-20)28(29,30)31/h2,5,8-9,14-15,19,21,32H,3-4,6-7,10-13,16-17H2,1H3/t19-,21-. The van der Waals surface area contributed by atoms with E-state index in [2.05, 4.69) is 15.2 Å². The number of carbonyl (C=O) groups excluding carboxylic acids is 1. The third-order valence-electron chi connectivity index (χ3n) is 7.66. The van der Waals surface area contributed by atoms with E-state index in [0.717, 1.165) is 28.8 Å². The fourth-order valence-corrected chi connectivity index (χ4v) is 5.40. The van der Waals surface area contributed by atoms with Gasteiger partial charge in [-0.15, -0.1) is 0 Å². The second-order valence-electron chi connectivity index (χ2n) is 10.7. The maximum Gasteiger partial charge on any atom is 0.423 e. The first-order valence-electron chi connectivity index (χ1n) is 13.6. The van der Waals surface area contributed by atoms with E-state index in [4.69, 9.17) is 9.15 Å². The van der Waals surface area contributed by atoms with E-state index < -0.39 is 22.4 Å². The van der Waals surface area contributed by atoms with Crippen LogP contribution in [0.3, 0.4) is 0 Å². The zero-order valence-electron chi connectivity index (χ0n) is 22.7. The van der Waals surface area contributed by atoms with Crippen LogP contribution < -0.4 is 5.32 Å². The highest BCUT2D eigenvalue weighted by Crippen LogP contribution is 2.38. The highest BCUT2D eigenvalue weighted by Gasteiger charge is 2.38. The number of nitrogens with one attached hydrogen (secondary N) is 1. The number of hydrogen-bond donors (Lipinski definition) is 1. The van der Waals surface area contributed by atoms with Crippen molar-refractivity contribution in [1.29, 1.82) is 0 Å². The smallest absolute Gasteiger partial charge is 0.423 e. The van der Waals surface area contributed by atoms with E-state index in [1.807, 2.05) is 25.1 Å². The molecule has 0 bridgehead atoms. The second-order valence-corrected chi connectivity index (χ2v) is 10.7. The molecular weight excluding hydrogens is 543 g/mol.